The third-order valence-corrected chi connectivity index (χ3v) is 5.62. The van der Waals surface area contributed by atoms with Crippen LogP contribution in [0.2, 0.25) is 0 Å². The maximum atomic E-state index is 11.5. The second-order valence-corrected chi connectivity index (χ2v) is 11.2. The van der Waals surface area contributed by atoms with Gasteiger partial charge < -0.3 is 27.9 Å². The van der Waals surface area contributed by atoms with Gasteiger partial charge in [0.15, 0.2) is 0 Å². The first-order valence-corrected chi connectivity index (χ1v) is 11.8. The molecule has 150 valence electrons. The molecule has 25 heavy (non-hydrogen) atoms. The van der Waals surface area contributed by atoms with E-state index in [4.69, 9.17) is 18.5 Å². The lowest BCUT2D eigenvalue weighted by Gasteiger charge is -2.27. The molecule has 0 rings (SSSR count). The molecule has 0 bridgehead atoms. The molecule has 0 amide bonds. The molecular formula is C14H30NO7PS2. The van der Waals surface area contributed by atoms with Gasteiger partial charge in [-0.3, -0.25) is 4.57 Å². The van der Waals surface area contributed by atoms with E-state index in [9.17, 15) is 14.3 Å². The molecule has 0 spiro atoms. The summed E-state index contributed by atoms with van der Waals surface area (Å²) in [5.41, 5.74) is -0.573. The molecule has 0 N–H and O–H groups in total. The van der Waals surface area contributed by atoms with Crippen LogP contribution in [0.15, 0.2) is 0 Å². The summed E-state index contributed by atoms with van der Waals surface area (Å²) in [5.74, 6) is 1.04. The molecule has 1 unspecified atom stereocenters. The van der Waals surface area contributed by atoms with Gasteiger partial charge in [-0.25, -0.2) is 4.79 Å². The Kier molecular flexibility index (Phi) is 11.7. The fourth-order valence-corrected chi connectivity index (χ4v) is 3.68. The number of carbonyl (C=O) groups excluding carboxylic acids is 1. The minimum atomic E-state index is -4.24. The van der Waals surface area contributed by atoms with Gasteiger partial charge in [0.25, 0.3) is 7.82 Å². The van der Waals surface area contributed by atoms with Crippen molar-refractivity contribution in [3.05, 3.63) is 0 Å². The van der Waals surface area contributed by atoms with Crippen LogP contribution in [0.3, 0.4) is 0 Å². The highest BCUT2D eigenvalue weighted by molar-refractivity contribution is 8.76. The molecule has 0 fully saturated rings. The largest absolute Gasteiger partial charge is 0.756 e. The molecule has 11 heteroatoms. The van der Waals surface area contributed by atoms with E-state index in [1.54, 1.807) is 20.8 Å². The van der Waals surface area contributed by atoms with Crippen LogP contribution in [-0.2, 0) is 23.1 Å². The number of quaternary nitrogens is 1. The van der Waals surface area contributed by atoms with E-state index >= 15 is 0 Å². The zero-order chi connectivity index (χ0) is 19.6. The summed E-state index contributed by atoms with van der Waals surface area (Å²) in [4.78, 5) is 22.8. The summed E-state index contributed by atoms with van der Waals surface area (Å²) in [7, 11) is 4.47. The third-order valence-electron chi connectivity index (χ3n) is 2.29. The van der Waals surface area contributed by atoms with Crippen LogP contribution in [0.1, 0.15) is 20.8 Å². The second kappa shape index (κ2) is 11.7. The summed E-state index contributed by atoms with van der Waals surface area (Å²) < 4.78 is 31.6. The van der Waals surface area contributed by atoms with Crippen LogP contribution in [0.5, 0.6) is 0 Å². The van der Waals surface area contributed by atoms with Crippen molar-refractivity contribution >= 4 is 35.6 Å². The highest BCUT2D eigenvalue weighted by atomic mass is 33.1. The average Bonchev–Trinajstić information content (AvgIpc) is 2.37. The molecule has 0 aliphatic carbocycles. The number of phosphoric ester groups is 1. The number of carbonyl (C=O) groups is 1. The topological polar surface area (TPSA) is 94.1 Å². The number of hydrogen-bond donors (Lipinski definition) is 0. The van der Waals surface area contributed by atoms with Gasteiger partial charge >= 0.3 is 6.16 Å². The van der Waals surface area contributed by atoms with Crippen molar-refractivity contribution in [1.82, 2.24) is 0 Å². The highest BCUT2D eigenvalue weighted by Gasteiger charge is 2.17. The van der Waals surface area contributed by atoms with Gasteiger partial charge in [-0.05, 0) is 20.8 Å². The number of likely N-dealkylation sites (N-methyl/N-ethyl adjacent to an activating group) is 1. The van der Waals surface area contributed by atoms with E-state index in [0.717, 1.165) is 0 Å². The Morgan fingerprint density at radius 1 is 1.04 bits per heavy atom. The molecule has 8 nitrogen and oxygen atoms in total. The number of ether oxygens (including phenoxy) is 2. The molecule has 0 heterocycles. The van der Waals surface area contributed by atoms with Gasteiger partial charge in [-0.2, -0.15) is 0 Å². The molecule has 0 saturated heterocycles. The van der Waals surface area contributed by atoms with Crippen LogP contribution in [0, 0.1) is 0 Å². The first kappa shape index (κ1) is 25.0. The lowest BCUT2D eigenvalue weighted by Crippen LogP contribution is -2.37. The second-order valence-electron chi connectivity index (χ2n) is 7.08. The Morgan fingerprint density at radius 2 is 1.56 bits per heavy atom. The lowest BCUT2D eigenvalue weighted by atomic mass is 10.2. The Balaban J connectivity index is 3.60. The Labute approximate surface area is 158 Å². The summed E-state index contributed by atoms with van der Waals surface area (Å²) in [6.45, 7) is 6.21. The zero-order valence-electron chi connectivity index (χ0n) is 15.8. The fraction of sp³-hybridized carbons (Fsp3) is 0.929. The van der Waals surface area contributed by atoms with E-state index in [2.05, 4.69) is 0 Å². The van der Waals surface area contributed by atoms with Gasteiger partial charge in [-0.15, -0.1) is 0 Å². The standard InChI is InChI=1S/C14H30NO7PS2/c1-14(2,3)22-13(16)19-9-11-24-25-12-10-21-23(17,18)20-8-7-15(4,5)6/h7-12H2,1-6H3. The SMILES string of the molecule is CC(C)(C)OC(=O)OCCSSCCOP(=O)([O-])OCC[N+](C)(C)C. The quantitative estimate of drug-likeness (QED) is 0.155. The highest BCUT2D eigenvalue weighted by Crippen LogP contribution is 2.38. The van der Waals surface area contributed by atoms with Crippen molar-refractivity contribution in [3.8, 4) is 0 Å². The van der Waals surface area contributed by atoms with Crippen molar-refractivity contribution in [2.24, 2.45) is 0 Å². The van der Waals surface area contributed by atoms with Crippen molar-refractivity contribution in [2.45, 2.75) is 26.4 Å². The Morgan fingerprint density at radius 3 is 2.08 bits per heavy atom. The fourth-order valence-electron chi connectivity index (χ4n) is 1.20. The Bertz CT molecular complexity index is 438. The molecule has 0 aromatic carbocycles. The smallest absolute Gasteiger partial charge is 0.508 e. The van der Waals surface area contributed by atoms with Gasteiger partial charge in [0.1, 0.15) is 25.4 Å². The molecule has 0 aromatic rings. The van der Waals surface area contributed by atoms with E-state index in [0.29, 0.717) is 22.5 Å². The van der Waals surface area contributed by atoms with Crippen molar-refractivity contribution < 1.29 is 37.3 Å². The summed E-state index contributed by atoms with van der Waals surface area (Å²) in [5, 5.41) is 0. The first-order chi connectivity index (χ1) is 11.3. The van der Waals surface area contributed by atoms with E-state index in [1.807, 2.05) is 21.1 Å². The summed E-state index contributed by atoms with van der Waals surface area (Å²) in [6, 6.07) is 0. The summed E-state index contributed by atoms with van der Waals surface area (Å²) in [6.07, 6.45) is -0.695. The minimum absolute atomic E-state index is 0.0374. The van der Waals surface area contributed by atoms with Crippen LogP contribution in [-0.4, -0.2) is 75.3 Å². The van der Waals surface area contributed by atoms with Crippen LogP contribution in [0.4, 0.5) is 4.79 Å². The minimum Gasteiger partial charge on any atom is -0.756 e. The molecule has 0 aromatic heterocycles. The predicted octanol–water partition coefficient (Wildman–Crippen LogP) is 2.53. The third kappa shape index (κ3) is 18.6. The predicted molar refractivity (Wildman–Crippen MR) is 99.5 cm³/mol. The van der Waals surface area contributed by atoms with E-state index < -0.39 is 19.6 Å². The monoisotopic (exact) mass is 419 g/mol. The van der Waals surface area contributed by atoms with Crippen molar-refractivity contribution in [2.75, 3.05) is 59.0 Å². The van der Waals surface area contributed by atoms with Crippen LogP contribution >= 0.6 is 29.4 Å². The van der Waals surface area contributed by atoms with Gasteiger partial charge in [-0.1, -0.05) is 21.6 Å². The Hall–Kier alpha value is 0.0400. The zero-order valence-corrected chi connectivity index (χ0v) is 18.3. The van der Waals surface area contributed by atoms with Crippen LogP contribution < -0.4 is 4.89 Å². The lowest BCUT2D eigenvalue weighted by molar-refractivity contribution is -0.870. The van der Waals surface area contributed by atoms with Gasteiger partial charge in [0.2, 0.25) is 0 Å². The molecular weight excluding hydrogens is 389 g/mol. The molecule has 0 radical (unpaired) electrons. The number of rotatable bonds is 12. The number of phosphoric acid groups is 1. The molecule has 0 aliphatic heterocycles. The number of hydrogen-bond acceptors (Lipinski definition) is 9. The first-order valence-electron chi connectivity index (χ1n) is 7.81. The maximum absolute atomic E-state index is 11.5. The van der Waals surface area contributed by atoms with E-state index in [1.165, 1.54) is 21.6 Å². The van der Waals surface area contributed by atoms with Crippen molar-refractivity contribution in [1.29, 1.82) is 0 Å². The van der Waals surface area contributed by atoms with E-state index in [-0.39, 0.29) is 19.8 Å². The van der Waals surface area contributed by atoms with Crippen LogP contribution in [0.25, 0.3) is 0 Å². The van der Waals surface area contributed by atoms with Gasteiger partial charge in [0, 0.05) is 11.5 Å². The summed E-state index contributed by atoms with van der Waals surface area (Å²) >= 11 is 0. The number of nitrogens with zero attached hydrogens (tertiary/aromatic N) is 1. The molecule has 0 saturated carbocycles. The average molecular weight is 420 g/mol. The van der Waals surface area contributed by atoms with Gasteiger partial charge in [0.05, 0.1) is 27.7 Å². The maximum Gasteiger partial charge on any atom is 0.508 e. The van der Waals surface area contributed by atoms with Crippen molar-refractivity contribution in [3.63, 3.8) is 0 Å². The normalized spacial score (nSPS) is 14.8. The molecule has 1 atom stereocenters. The molecule has 0 aliphatic rings.